The molecule has 0 aliphatic rings. The summed E-state index contributed by atoms with van der Waals surface area (Å²) in [6, 6.07) is 7.65. The lowest BCUT2D eigenvalue weighted by Crippen LogP contribution is -1.89. The van der Waals surface area contributed by atoms with Crippen molar-refractivity contribution in [2.75, 3.05) is 5.73 Å². The van der Waals surface area contributed by atoms with E-state index in [1.165, 1.54) is 17.4 Å². The number of nitrogens with zero attached hydrogens (tertiary/aromatic N) is 1. The quantitative estimate of drug-likeness (QED) is 0.679. The van der Waals surface area contributed by atoms with Crippen LogP contribution in [-0.2, 0) is 0 Å². The molecule has 0 amide bonds. The van der Waals surface area contributed by atoms with E-state index in [1.807, 2.05) is 19.1 Å². The maximum atomic E-state index is 13.6. The van der Waals surface area contributed by atoms with Crippen LogP contribution in [0.4, 0.5) is 14.5 Å². The maximum Gasteiger partial charge on any atom is 0.153 e. The van der Waals surface area contributed by atoms with Gasteiger partial charge in [0.05, 0.1) is 4.70 Å². The predicted octanol–water partition coefficient (Wildman–Crippen LogP) is 4.13. The molecular weight excluding hydrogens is 266 g/mol. The van der Waals surface area contributed by atoms with Crippen LogP contribution >= 0.6 is 11.3 Å². The fourth-order valence-electron chi connectivity index (χ4n) is 1.89. The van der Waals surface area contributed by atoms with Crippen LogP contribution in [-0.4, -0.2) is 4.98 Å². The van der Waals surface area contributed by atoms with Gasteiger partial charge in [-0.15, -0.1) is 11.3 Å². The molecule has 2 nitrogen and oxygen atoms in total. The van der Waals surface area contributed by atoms with Crippen LogP contribution in [0.1, 0.15) is 5.56 Å². The second-order valence-electron chi connectivity index (χ2n) is 4.32. The van der Waals surface area contributed by atoms with Crippen molar-refractivity contribution >= 4 is 27.2 Å². The number of rotatable bonds is 1. The Kier molecular flexibility index (Phi) is 2.71. The summed E-state index contributed by atoms with van der Waals surface area (Å²) in [4.78, 5) is 4.23. The van der Waals surface area contributed by atoms with Gasteiger partial charge in [0.15, 0.2) is 5.82 Å². The summed E-state index contributed by atoms with van der Waals surface area (Å²) in [7, 11) is 0. The molecule has 0 saturated carbocycles. The van der Waals surface area contributed by atoms with E-state index in [9.17, 15) is 8.78 Å². The third kappa shape index (κ3) is 2.06. The van der Waals surface area contributed by atoms with Crippen LogP contribution in [0.15, 0.2) is 30.3 Å². The first-order valence-corrected chi connectivity index (χ1v) is 6.48. The van der Waals surface area contributed by atoms with Gasteiger partial charge in [0.1, 0.15) is 16.3 Å². The second-order valence-corrected chi connectivity index (χ2v) is 5.36. The molecule has 19 heavy (non-hydrogen) atoms. The number of aryl methyl sites for hydroxylation is 1. The van der Waals surface area contributed by atoms with E-state index in [4.69, 9.17) is 5.73 Å². The Balaban J connectivity index is 2.20. The highest BCUT2D eigenvalue weighted by Crippen LogP contribution is 2.33. The SMILES string of the molecule is Cc1cc(-c2nc3c(F)cc(F)cc3s2)ccc1N. The van der Waals surface area contributed by atoms with Gasteiger partial charge in [-0.1, -0.05) is 0 Å². The van der Waals surface area contributed by atoms with E-state index in [0.29, 0.717) is 15.4 Å². The molecule has 0 spiro atoms. The van der Waals surface area contributed by atoms with Gasteiger partial charge in [-0.2, -0.15) is 0 Å². The van der Waals surface area contributed by atoms with Crippen LogP contribution < -0.4 is 5.73 Å². The smallest absolute Gasteiger partial charge is 0.153 e. The van der Waals surface area contributed by atoms with Crippen LogP contribution in [0.25, 0.3) is 20.8 Å². The highest BCUT2D eigenvalue weighted by atomic mass is 32.1. The molecule has 5 heteroatoms. The molecule has 1 aromatic heterocycles. The first-order valence-electron chi connectivity index (χ1n) is 5.66. The third-order valence-electron chi connectivity index (χ3n) is 2.93. The summed E-state index contributed by atoms with van der Waals surface area (Å²) in [6.07, 6.45) is 0. The van der Waals surface area contributed by atoms with Crippen molar-refractivity contribution in [3.8, 4) is 10.6 Å². The summed E-state index contributed by atoms with van der Waals surface area (Å²) in [5.41, 5.74) is 8.45. The minimum Gasteiger partial charge on any atom is -0.399 e. The highest BCUT2D eigenvalue weighted by molar-refractivity contribution is 7.21. The molecule has 1 heterocycles. The van der Waals surface area contributed by atoms with Crippen LogP contribution in [0.3, 0.4) is 0 Å². The number of thiazole rings is 1. The first kappa shape index (κ1) is 12.0. The van der Waals surface area contributed by atoms with E-state index in [2.05, 4.69) is 4.98 Å². The summed E-state index contributed by atoms with van der Waals surface area (Å²) < 4.78 is 27.3. The zero-order chi connectivity index (χ0) is 13.6. The lowest BCUT2D eigenvalue weighted by molar-refractivity contribution is 0.591. The number of nitrogen functional groups attached to an aromatic ring is 1. The number of aromatic nitrogens is 1. The molecule has 0 bridgehead atoms. The molecule has 0 radical (unpaired) electrons. The molecule has 3 aromatic rings. The van der Waals surface area contributed by atoms with Crippen molar-refractivity contribution in [3.63, 3.8) is 0 Å². The average Bonchev–Trinajstić information content (AvgIpc) is 2.76. The normalized spacial score (nSPS) is 11.1. The number of nitrogens with two attached hydrogens (primary N) is 1. The summed E-state index contributed by atoms with van der Waals surface area (Å²) in [6.45, 7) is 1.90. The maximum absolute atomic E-state index is 13.6. The van der Waals surface area contributed by atoms with E-state index in [1.54, 1.807) is 6.07 Å². The van der Waals surface area contributed by atoms with Crippen molar-refractivity contribution in [2.45, 2.75) is 6.92 Å². The number of anilines is 1. The molecule has 2 aromatic carbocycles. The highest BCUT2D eigenvalue weighted by Gasteiger charge is 2.12. The number of halogens is 2. The lowest BCUT2D eigenvalue weighted by Gasteiger charge is -2.01. The molecule has 2 N–H and O–H groups in total. The summed E-state index contributed by atoms with van der Waals surface area (Å²) >= 11 is 1.26. The molecule has 0 unspecified atom stereocenters. The number of fused-ring (bicyclic) bond motifs is 1. The van der Waals surface area contributed by atoms with E-state index >= 15 is 0 Å². The Hall–Kier alpha value is -2.01. The Morgan fingerprint density at radius 1 is 1.16 bits per heavy atom. The fourth-order valence-corrected chi connectivity index (χ4v) is 2.89. The van der Waals surface area contributed by atoms with Crippen molar-refractivity contribution < 1.29 is 8.78 Å². The van der Waals surface area contributed by atoms with Crippen molar-refractivity contribution in [1.29, 1.82) is 0 Å². The monoisotopic (exact) mass is 276 g/mol. The Morgan fingerprint density at radius 2 is 1.95 bits per heavy atom. The van der Waals surface area contributed by atoms with Crippen LogP contribution in [0.5, 0.6) is 0 Å². The summed E-state index contributed by atoms with van der Waals surface area (Å²) in [5.74, 6) is -1.22. The Labute approximate surface area is 112 Å². The van der Waals surface area contributed by atoms with Gasteiger partial charge in [0.2, 0.25) is 0 Å². The minimum atomic E-state index is -0.635. The van der Waals surface area contributed by atoms with Crippen molar-refractivity contribution in [1.82, 2.24) is 4.98 Å². The van der Waals surface area contributed by atoms with Gasteiger partial charge in [-0.25, -0.2) is 13.8 Å². The van der Waals surface area contributed by atoms with Crippen molar-refractivity contribution in [2.24, 2.45) is 0 Å². The van der Waals surface area contributed by atoms with Crippen LogP contribution in [0, 0.1) is 18.6 Å². The average molecular weight is 276 g/mol. The number of benzene rings is 2. The van der Waals surface area contributed by atoms with Crippen molar-refractivity contribution in [3.05, 3.63) is 47.5 Å². The minimum absolute atomic E-state index is 0.205. The number of hydrogen-bond donors (Lipinski definition) is 1. The van der Waals surface area contributed by atoms with Gasteiger partial charge < -0.3 is 5.73 Å². The molecule has 0 atom stereocenters. The fraction of sp³-hybridized carbons (Fsp3) is 0.0714. The molecule has 0 aliphatic carbocycles. The molecule has 3 rings (SSSR count). The Bertz CT molecular complexity index is 780. The largest absolute Gasteiger partial charge is 0.399 e. The number of hydrogen-bond acceptors (Lipinski definition) is 3. The Morgan fingerprint density at radius 3 is 2.68 bits per heavy atom. The standard InChI is InChI=1S/C14H10F2N2S/c1-7-4-8(2-3-11(7)17)14-18-13-10(16)5-9(15)6-12(13)19-14/h2-6H,17H2,1H3. The second kappa shape index (κ2) is 4.28. The van der Waals surface area contributed by atoms with E-state index in [0.717, 1.165) is 17.2 Å². The molecule has 0 fully saturated rings. The van der Waals surface area contributed by atoms with Gasteiger partial charge in [0.25, 0.3) is 0 Å². The van der Waals surface area contributed by atoms with Gasteiger partial charge >= 0.3 is 0 Å². The molecule has 96 valence electrons. The topological polar surface area (TPSA) is 38.9 Å². The van der Waals surface area contributed by atoms with Gasteiger partial charge in [-0.05, 0) is 36.8 Å². The van der Waals surface area contributed by atoms with E-state index in [-0.39, 0.29) is 5.52 Å². The van der Waals surface area contributed by atoms with Gasteiger partial charge in [-0.3, -0.25) is 0 Å². The third-order valence-corrected chi connectivity index (χ3v) is 3.98. The van der Waals surface area contributed by atoms with E-state index < -0.39 is 11.6 Å². The zero-order valence-electron chi connectivity index (χ0n) is 10.1. The molecule has 0 aliphatic heterocycles. The van der Waals surface area contributed by atoms with Crippen LogP contribution in [0.2, 0.25) is 0 Å². The first-order chi connectivity index (χ1) is 9.04. The lowest BCUT2D eigenvalue weighted by atomic mass is 10.1. The predicted molar refractivity (Wildman–Crippen MR) is 74.1 cm³/mol. The molecule has 0 saturated heterocycles. The molecular formula is C14H10F2N2S. The zero-order valence-corrected chi connectivity index (χ0v) is 10.9. The van der Waals surface area contributed by atoms with Gasteiger partial charge in [0, 0.05) is 17.3 Å². The summed E-state index contributed by atoms with van der Waals surface area (Å²) in [5, 5.41) is 0.655.